The highest BCUT2D eigenvalue weighted by molar-refractivity contribution is 4.91. The molecule has 3 rings (SSSR count). The molecule has 86 valence electrons. The second-order valence-electron chi connectivity index (χ2n) is 5.48. The van der Waals surface area contributed by atoms with Crippen LogP contribution in [0, 0.1) is 17.8 Å². The SMILES string of the molecule is C1COCC(CN2CC3CNCC3C2)C1. The van der Waals surface area contributed by atoms with Crippen LogP contribution < -0.4 is 5.32 Å². The van der Waals surface area contributed by atoms with Crippen LogP contribution in [-0.4, -0.2) is 50.8 Å². The summed E-state index contributed by atoms with van der Waals surface area (Å²) >= 11 is 0. The average Bonchev–Trinajstić information content (AvgIpc) is 2.79. The van der Waals surface area contributed by atoms with Gasteiger partial charge in [-0.3, -0.25) is 0 Å². The number of hydrogen-bond acceptors (Lipinski definition) is 3. The molecular formula is C12H22N2O. The molecule has 0 aromatic carbocycles. The first-order valence-electron chi connectivity index (χ1n) is 6.42. The molecule has 3 atom stereocenters. The maximum atomic E-state index is 5.55. The van der Waals surface area contributed by atoms with Crippen molar-refractivity contribution in [2.24, 2.45) is 17.8 Å². The maximum Gasteiger partial charge on any atom is 0.0506 e. The summed E-state index contributed by atoms with van der Waals surface area (Å²) in [6.45, 7) is 8.44. The highest BCUT2D eigenvalue weighted by Gasteiger charge is 2.36. The molecule has 0 aromatic heterocycles. The van der Waals surface area contributed by atoms with Crippen molar-refractivity contribution in [2.75, 3.05) is 45.9 Å². The van der Waals surface area contributed by atoms with E-state index in [0.717, 1.165) is 31.0 Å². The van der Waals surface area contributed by atoms with Gasteiger partial charge in [-0.25, -0.2) is 0 Å². The van der Waals surface area contributed by atoms with Gasteiger partial charge in [0.25, 0.3) is 0 Å². The van der Waals surface area contributed by atoms with Crippen LogP contribution in [0.1, 0.15) is 12.8 Å². The molecule has 0 bridgehead atoms. The number of nitrogens with zero attached hydrogens (tertiary/aromatic N) is 1. The van der Waals surface area contributed by atoms with Gasteiger partial charge in [0.15, 0.2) is 0 Å². The Balaban J connectivity index is 1.48. The zero-order chi connectivity index (χ0) is 10.1. The molecule has 3 fully saturated rings. The van der Waals surface area contributed by atoms with Gasteiger partial charge in [0.05, 0.1) is 6.61 Å². The minimum Gasteiger partial charge on any atom is -0.381 e. The lowest BCUT2D eigenvalue weighted by atomic mass is 10.0. The van der Waals surface area contributed by atoms with Crippen LogP contribution in [0.5, 0.6) is 0 Å². The molecule has 0 aliphatic carbocycles. The molecule has 0 spiro atoms. The number of likely N-dealkylation sites (tertiary alicyclic amines) is 1. The molecule has 0 saturated carbocycles. The standard InChI is InChI=1S/C12H22N2O/c1-2-10(9-15-3-1)6-14-7-11-4-13-5-12(11)8-14/h10-13H,1-9H2. The normalized spacial score (nSPS) is 42.0. The van der Waals surface area contributed by atoms with Crippen LogP contribution in [0.4, 0.5) is 0 Å². The summed E-state index contributed by atoms with van der Waals surface area (Å²) in [6.07, 6.45) is 2.65. The van der Waals surface area contributed by atoms with Gasteiger partial charge in [-0.05, 0) is 43.7 Å². The van der Waals surface area contributed by atoms with Gasteiger partial charge in [-0.15, -0.1) is 0 Å². The van der Waals surface area contributed by atoms with Crippen molar-refractivity contribution in [3.05, 3.63) is 0 Å². The first-order valence-corrected chi connectivity index (χ1v) is 6.42. The van der Waals surface area contributed by atoms with E-state index in [-0.39, 0.29) is 0 Å². The van der Waals surface area contributed by atoms with Crippen LogP contribution in [0.25, 0.3) is 0 Å². The van der Waals surface area contributed by atoms with Crippen LogP contribution in [0.2, 0.25) is 0 Å². The monoisotopic (exact) mass is 210 g/mol. The molecule has 3 saturated heterocycles. The van der Waals surface area contributed by atoms with E-state index in [1.807, 2.05) is 0 Å². The van der Waals surface area contributed by atoms with Crippen LogP contribution in [0.3, 0.4) is 0 Å². The van der Waals surface area contributed by atoms with Gasteiger partial charge in [0.2, 0.25) is 0 Å². The number of nitrogens with one attached hydrogen (secondary N) is 1. The second-order valence-corrected chi connectivity index (χ2v) is 5.48. The molecule has 3 aliphatic heterocycles. The molecule has 0 aromatic rings. The largest absolute Gasteiger partial charge is 0.381 e. The zero-order valence-electron chi connectivity index (χ0n) is 9.45. The van der Waals surface area contributed by atoms with E-state index in [2.05, 4.69) is 10.2 Å². The van der Waals surface area contributed by atoms with Crippen molar-refractivity contribution in [2.45, 2.75) is 12.8 Å². The molecule has 3 heterocycles. The average molecular weight is 210 g/mol. The summed E-state index contributed by atoms with van der Waals surface area (Å²) in [6, 6.07) is 0. The fraction of sp³-hybridized carbons (Fsp3) is 1.00. The van der Waals surface area contributed by atoms with Crippen molar-refractivity contribution >= 4 is 0 Å². The summed E-state index contributed by atoms with van der Waals surface area (Å²) in [7, 11) is 0. The molecule has 3 heteroatoms. The predicted octanol–water partition coefficient (Wildman–Crippen LogP) is 0.564. The lowest BCUT2D eigenvalue weighted by molar-refractivity contribution is 0.0408. The van der Waals surface area contributed by atoms with E-state index in [1.54, 1.807) is 0 Å². The lowest BCUT2D eigenvalue weighted by Crippen LogP contribution is -2.34. The highest BCUT2D eigenvalue weighted by atomic mass is 16.5. The Morgan fingerprint density at radius 1 is 1.20 bits per heavy atom. The Morgan fingerprint density at radius 3 is 2.67 bits per heavy atom. The smallest absolute Gasteiger partial charge is 0.0506 e. The van der Waals surface area contributed by atoms with E-state index >= 15 is 0 Å². The zero-order valence-corrected chi connectivity index (χ0v) is 9.45. The van der Waals surface area contributed by atoms with E-state index in [4.69, 9.17) is 4.74 Å². The topological polar surface area (TPSA) is 24.5 Å². The fourth-order valence-electron chi connectivity index (χ4n) is 3.42. The van der Waals surface area contributed by atoms with E-state index in [9.17, 15) is 0 Å². The van der Waals surface area contributed by atoms with Gasteiger partial charge >= 0.3 is 0 Å². The van der Waals surface area contributed by atoms with E-state index < -0.39 is 0 Å². The Morgan fingerprint density at radius 2 is 2.00 bits per heavy atom. The molecule has 3 aliphatic rings. The molecule has 0 radical (unpaired) electrons. The molecular weight excluding hydrogens is 188 g/mol. The Kier molecular flexibility index (Phi) is 2.95. The first kappa shape index (κ1) is 10.1. The van der Waals surface area contributed by atoms with Crippen LogP contribution in [0.15, 0.2) is 0 Å². The van der Waals surface area contributed by atoms with Crippen LogP contribution >= 0.6 is 0 Å². The van der Waals surface area contributed by atoms with Crippen molar-refractivity contribution in [1.82, 2.24) is 10.2 Å². The minimum absolute atomic E-state index is 0.811. The van der Waals surface area contributed by atoms with Gasteiger partial charge in [0.1, 0.15) is 0 Å². The Hall–Kier alpha value is -0.120. The van der Waals surface area contributed by atoms with Gasteiger partial charge in [0, 0.05) is 26.2 Å². The number of ether oxygens (including phenoxy) is 1. The summed E-state index contributed by atoms with van der Waals surface area (Å²) in [5.74, 6) is 2.69. The first-order chi connectivity index (χ1) is 7.42. The molecule has 3 nitrogen and oxygen atoms in total. The Bertz CT molecular complexity index is 204. The van der Waals surface area contributed by atoms with Crippen LogP contribution in [-0.2, 0) is 4.74 Å². The highest BCUT2D eigenvalue weighted by Crippen LogP contribution is 2.27. The lowest BCUT2D eigenvalue weighted by Gasteiger charge is -2.27. The third-order valence-electron chi connectivity index (χ3n) is 4.24. The summed E-state index contributed by atoms with van der Waals surface area (Å²) < 4.78 is 5.55. The minimum atomic E-state index is 0.811. The fourth-order valence-corrected chi connectivity index (χ4v) is 3.42. The number of hydrogen-bond donors (Lipinski definition) is 1. The predicted molar refractivity (Wildman–Crippen MR) is 59.8 cm³/mol. The Labute approximate surface area is 92.2 Å². The van der Waals surface area contributed by atoms with Gasteiger partial charge in [-0.1, -0.05) is 0 Å². The van der Waals surface area contributed by atoms with Gasteiger partial charge < -0.3 is 15.0 Å². The summed E-state index contributed by atoms with van der Waals surface area (Å²) in [4.78, 5) is 2.68. The molecule has 15 heavy (non-hydrogen) atoms. The van der Waals surface area contributed by atoms with Crippen molar-refractivity contribution in [3.63, 3.8) is 0 Å². The third kappa shape index (κ3) is 2.19. The molecule has 0 amide bonds. The number of rotatable bonds is 2. The maximum absolute atomic E-state index is 5.55. The van der Waals surface area contributed by atoms with E-state index in [1.165, 1.54) is 45.6 Å². The molecule has 1 N–H and O–H groups in total. The van der Waals surface area contributed by atoms with Crippen molar-refractivity contribution in [3.8, 4) is 0 Å². The van der Waals surface area contributed by atoms with Crippen molar-refractivity contribution < 1.29 is 4.74 Å². The third-order valence-corrected chi connectivity index (χ3v) is 4.24. The van der Waals surface area contributed by atoms with E-state index in [0.29, 0.717) is 0 Å². The second kappa shape index (κ2) is 4.40. The summed E-state index contributed by atoms with van der Waals surface area (Å²) in [5.41, 5.74) is 0. The summed E-state index contributed by atoms with van der Waals surface area (Å²) in [5, 5.41) is 3.50. The quantitative estimate of drug-likeness (QED) is 0.721. The van der Waals surface area contributed by atoms with Crippen molar-refractivity contribution in [1.29, 1.82) is 0 Å². The number of fused-ring (bicyclic) bond motifs is 1. The van der Waals surface area contributed by atoms with Gasteiger partial charge in [-0.2, -0.15) is 0 Å². The molecule has 3 unspecified atom stereocenters.